The number of carbonyl (C=O) groups excluding carboxylic acids is 1. The van der Waals surface area contributed by atoms with Crippen molar-refractivity contribution in [2.75, 3.05) is 18.2 Å². The predicted octanol–water partition coefficient (Wildman–Crippen LogP) is 4.55. The van der Waals surface area contributed by atoms with Gasteiger partial charge in [0.25, 0.3) is 11.1 Å². The number of anilines is 1. The zero-order valence-corrected chi connectivity index (χ0v) is 16.6. The Morgan fingerprint density at radius 1 is 1.27 bits per heavy atom. The Bertz CT molecular complexity index is 930. The first-order chi connectivity index (χ1) is 12.6. The molecule has 0 bridgehead atoms. The largest absolute Gasteiger partial charge is 0.496 e. The van der Waals surface area contributed by atoms with Crippen LogP contribution in [0.4, 0.5) is 5.69 Å². The van der Waals surface area contributed by atoms with Gasteiger partial charge in [0, 0.05) is 10.2 Å². The molecule has 0 saturated heterocycles. The number of ether oxygens (including phenoxy) is 1. The lowest BCUT2D eigenvalue weighted by Gasteiger charge is -2.06. The van der Waals surface area contributed by atoms with Gasteiger partial charge in [-0.2, -0.15) is 0 Å². The molecule has 0 saturated carbocycles. The van der Waals surface area contributed by atoms with Gasteiger partial charge >= 0.3 is 0 Å². The lowest BCUT2D eigenvalue weighted by Crippen LogP contribution is -2.14. The van der Waals surface area contributed by atoms with E-state index in [9.17, 15) is 4.79 Å². The second-order valence-electron chi connectivity index (χ2n) is 5.37. The Balaban J connectivity index is 1.61. The van der Waals surface area contributed by atoms with Crippen molar-refractivity contribution in [3.8, 4) is 17.2 Å². The van der Waals surface area contributed by atoms with E-state index in [1.54, 1.807) is 7.11 Å². The fourth-order valence-corrected chi connectivity index (χ4v) is 3.14. The number of carbonyl (C=O) groups is 1. The molecule has 0 aliphatic heterocycles. The molecule has 8 heteroatoms. The van der Waals surface area contributed by atoms with Crippen LogP contribution in [-0.4, -0.2) is 29.0 Å². The Labute approximate surface area is 163 Å². The molecule has 134 valence electrons. The van der Waals surface area contributed by atoms with Gasteiger partial charge in [0.1, 0.15) is 5.75 Å². The lowest BCUT2D eigenvalue weighted by atomic mass is 10.2. The number of para-hydroxylation sites is 1. The number of benzene rings is 2. The van der Waals surface area contributed by atoms with Crippen molar-refractivity contribution in [2.24, 2.45) is 0 Å². The molecule has 0 fully saturated rings. The summed E-state index contributed by atoms with van der Waals surface area (Å²) in [6, 6.07) is 13.0. The second kappa shape index (κ2) is 8.37. The third kappa shape index (κ3) is 4.44. The molecule has 1 heterocycles. The van der Waals surface area contributed by atoms with Gasteiger partial charge in [-0.1, -0.05) is 45.9 Å². The van der Waals surface area contributed by atoms with Crippen LogP contribution >= 0.6 is 27.7 Å². The first-order valence-corrected chi connectivity index (χ1v) is 9.50. The van der Waals surface area contributed by atoms with Gasteiger partial charge in [-0.3, -0.25) is 4.79 Å². The molecule has 0 unspecified atom stereocenters. The third-order valence-corrected chi connectivity index (χ3v) is 5.20. The minimum atomic E-state index is -0.150. The maximum Gasteiger partial charge on any atom is 0.277 e. The van der Waals surface area contributed by atoms with Gasteiger partial charge in [0.05, 0.1) is 18.4 Å². The zero-order chi connectivity index (χ0) is 18.5. The first-order valence-electron chi connectivity index (χ1n) is 7.72. The van der Waals surface area contributed by atoms with E-state index in [0.29, 0.717) is 22.4 Å². The van der Waals surface area contributed by atoms with Crippen LogP contribution in [0, 0.1) is 6.92 Å². The van der Waals surface area contributed by atoms with Crippen molar-refractivity contribution in [3.63, 3.8) is 0 Å². The van der Waals surface area contributed by atoms with Gasteiger partial charge in [0.15, 0.2) is 0 Å². The molecule has 0 spiro atoms. The molecule has 3 rings (SSSR count). The number of aryl methyl sites for hydroxylation is 1. The van der Waals surface area contributed by atoms with Crippen LogP contribution in [0.15, 0.2) is 56.6 Å². The van der Waals surface area contributed by atoms with E-state index in [4.69, 9.17) is 9.15 Å². The molecule has 1 N–H and O–H groups in total. The Morgan fingerprint density at radius 3 is 2.85 bits per heavy atom. The summed E-state index contributed by atoms with van der Waals surface area (Å²) in [5.41, 5.74) is 2.55. The average molecular weight is 434 g/mol. The Morgan fingerprint density at radius 2 is 2.08 bits per heavy atom. The van der Waals surface area contributed by atoms with E-state index in [-0.39, 0.29) is 11.7 Å². The molecule has 26 heavy (non-hydrogen) atoms. The highest BCUT2D eigenvalue weighted by atomic mass is 79.9. The predicted molar refractivity (Wildman–Crippen MR) is 105 cm³/mol. The average Bonchev–Trinajstić information content (AvgIpc) is 3.12. The summed E-state index contributed by atoms with van der Waals surface area (Å²) >= 11 is 4.63. The van der Waals surface area contributed by atoms with Crippen molar-refractivity contribution < 1.29 is 13.9 Å². The lowest BCUT2D eigenvalue weighted by molar-refractivity contribution is -0.113. The Hall–Kier alpha value is -2.32. The number of aromatic nitrogens is 2. The quantitative estimate of drug-likeness (QED) is 0.574. The number of rotatable bonds is 6. The minimum absolute atomic E-state index is 0.150. The van der Waals surface area contributed by atoms with Crippen LogP contribution in [0.1, 0.15) is 5.56 Å². The number of nitrogens with zero attached hydrogens (tertiary/aromatic N) is 2. The number of nitrogens with one attached hydrogen (secondary N) is 1. The van der Waals surface area contributed by atoms with Gasteiger partial charge in [-0.15, -0.1) is 10.2 Å². The van der Waals surface area contributed by atoms with Crippen molar-refractivity contribution >= 4 is 39.3 Å². The summed E-state index contributed by atoms with van der Waals surface area (Å²) in [6.07, 6.45) is 0. The van der Waals surface area contributed by atoms with E-state index < -0.39 is 0 Å². The van der Waals surface area contributed by atoms with E-state index in [2.05, 4.69) is 31.4 Å². The molecular formula is C18H16BrN3O3S. The molecule has 1 amide bonds. The Kier molecular flexibility index (Phi) is 5.95. The smallest absolute Gasteiger partial charge is 0.277 e. The summed E-state index contributed by atoms with van der Waals surface area (Å²) in [5.74, 6) is 1.02. The highest BCUT2D eigenvalue weighted by molar-refractivity contribution is 9.10. The van der Waals surface area contributed by atoms with Gasteiger partial charge in [-0.05, 0) is 36.8 Å². The molecular weight excluding hydrogens is 418 g/mol. The van der Waals surface area contributed by atoms with Crippen LogP contribution in [0.25, 0.3) is 11.5 Å². The summed E-state index contributed by atoms with van der Waals surface area (Å²) < 4.78 is 11.9. The summed E-state index contributed by atoms with van der Waals surface area (Å²) in [7, 11) is 1.58. The number of hydrogen-bond acceptors (Lipinski definition) is 6. The van der Waals surface area contributed by atoms with Crippen LogP contribution in [0.2, 0.25) is 0 Å². The highest BCUT2D eigenvalue weighted by Gasteiger charge is 2.14. The molecule has 2 aromatic carbocycles. The van der Waals surface area contributed by atoms with E-state index >= 15 is 0 Å². The number of amides is 1. The normalized spacial score (nSPS) is 10.6. The second-order valence-corrected chi connectivity index (χ2v) is 7.16. The number of methoxy groups -OCH3 is 1. The van der Waals surface area contributed by atoms with Crippen molar-refractivity contribution in [3.05, 3.63) is 52.5 Å². The fourth-order valence-electron chi connectivity index (χ4n) is 2.19. The van der Waals surface area contributed by atoms with Crippen LogP contribution in [0.3, 0.4) is 0 Å². The van der Waals surface area contributed by atoms with Crippen molar-refractivity contribution in [1.82, 2.24) is 10.2 Å². The van der Waals surface area contributed by atoms with Crippen LogP contribution < -0.4 is 10.1 Å². The third-order valence-electron chi connectivity index (χ3n) is 3.53. The van der Waals surface area contributed by atoms with Crippen LogP contribution in [-0.2, 0) is 4.79 Å². The van der Waals surface area contributed by atoms with Crippen molar-refractivity contribution in [1.29, 1.82) is 0 Å². The van der Waals surface area contributed by atoms with E-state index in [0.717, 1.165) is 15.7 Å². The van der Waals surface area contributed by atoms with Crippen LogP contribution in [0.5, 0.6) is 5.75 Å². The van der Waals surface area contributed by atoms with Gasteiger partial charge in [-0.25, -0.2) is 0 Å². The van der Waals surface area contributed by atoms with E-state index in [1.165, 1.54) is 11.8 Å². The monoisotopic (exact) mass is 433 g/mol. The minimum Gasteiger partial charge on any atom is -0.496 e. The topological polar surface area (TPSA) is 77.2 Å². The standard InChI is InChI=1S/C18H16BrN3O3S/c1-11-7-8-12(9-14(11)19)20-16(23)10-26-18-22-21-17(25-18)13-5-3-4-6-15(13)24-2/h3-9H,10H2,1-2H3,(H,20,23). The van der Waals surface area contributed by atoms with E-state index in [1.807, 2.05) is 49.4 Å². The number of hydrogen-bond donors (Lipinski definition) is 1. The summed E-state index contributed by atoms with van der Waals surface area (Å²) in [6.45, 7) is 1.99. The maximum absolute atomic E-state index is 12.1. The summed E-state index contributed by atoms with van der Waals surface area (Å²) in [4.78, 5) is 12.1. The number of thioether (sulfide) groups is 1. The fraction of sp³-hybridized carbons (Fsp3) is 0.167. The van der Waals surface area contributed by atoms with Gasteiger partial charge in [0.2, 0.25) is 5.91 Å². The molecule has 0 radical (unpaired) electrons. The van der Waals surface area contributed by atoms with Crippen molar-refractivity contribution in [2.45, 2.75) is 12.1 Å². The molecule has 0 aliphatic rings. The molecule has 0 aliphatic carbocycles. The molecule has 1 aromatic heterocycles. The van der Waals surface area contributed by atoms with Gasteiger partial charge < -0.3 is 14.5 Å². The SMILES string of the molecule is COc1ccccc1-c1nnc(SCC(=O)Nc2ccc(C)c(Br)c2)o1. The zero-order valence-electron chi connectivity index (χ0n) is 14.2. The maximum atomic E-state index is 12.1. The molecule has 0 atom stereocenters. The highest BCUT2D eigenvalue weighted by Crippen LogP contribution is 2.30. The summed E-state index contributed by atoms with van der Waals surface area (Å²) in [5, 5.41) is 11.2. The molecule has 6 nitrogen and oxygen atoms in total. The number of halogens is 1. The first kappa shape index (κ1) is 18.5. The molecule has 3 aromatic rings.